The number of hydrogen-bond acceptors (Lipinski definition) is 5. The molecular formula is C9H9NO5. The van der Waals surface area contributed by atoms with Gasteiger partial charge in [-0.25, -0.2) is 0 Å². The zero-order valence-electron chi connectivity index (χ0n) is 8.22. The van der Waals surface area contributed by atoms with Crippen LogP contribution in [-0.4, -0.2) is 25.4 Å². The molecule has 0 N–H and O–H groups in total. The summed E-state index contributed by atoms with van der Waals surface area (Å²) in [5.74, 6) is 0.168. The minimum atomic E-state index is -0.676. The van der Waals surface area contributed by atoms with Crippen molar-refractivity contribution in [1.82, 2.24) is 0 Å². The van der Waals surface area contributed by atoms with Gasteiger partial charge in [0.15, 0.2) is 12.0 Å². The molecule has 0 heterocycles. The second kappa shape index (κ2) is 4.41. The third kappa shape index (κ3) is 1.88. The number of carbonyl (C=O) groups excluding carboxylic acids is 1. The zero-order chi connectivity index (χ0) is 11.4. The standard InChI is InChI=1S/C9H9NO5/c1-14-7-4-3-6(5-11)8(10(12)13)9(7)15-2/h3-5H,1-2H3. The van der Waals surface area contributed by atoms with Gasteiger partial charge in [0.05, 0.1) is 24.7 Å². The lowest BCUT2D eigenvalue weighted by Gasteiger charge is -2.08. The molecule has 0 bridgehead atoms. The van der Waals surface area contributed by atoms with E-state index in [1.54, 1.807) is 0 Å². The van der Waals surface area contributed by atoms with Crippen molar-refractivity contribution in [2.24, 2.45) is 0 Å². The predicted molar refractivity (Wildman–Crippen MR) is 51.6 cm³/mol. The van der Waals surface area contributed by atoms with E-state index in [0.29, 0.717) is 6.29 Å². The van der Waals surface area contributed by atoms with Crippen molar-refractivity contribution < 1.29 is 19.2 Å². The van der Waals surface area contributed by atoms with Crippen LogP contribution < -0.4 is 9.47 Å². The Labute approximate surface area is 85.6 Å². The molecule has 1 aromatic rings. The average molecular weight is 211 g/mol. The maximum atomic E-state index is 10.7. The highest BCUT2D eigenvalue weighted by Crippen LogP contribution is 2.38. The number of nitro benzene ring substituents is 1. The number of hydrogen-bond donors (Lipinski definition) is 0. The van der Waals surface area contributed by atoms with Gasteiger partial charge < -0.3 is 9.47 Å². The lowest BCUT2D eigenvalue weighted by molar-refractivity contribution is -0.386. The van der Waals surface area contributed by atoms with Crippen LogP contribution in [0, 0.1) is 10.1 Å². The molecule has 0 aliphatic carbocycles. The van der Waals surface area contributed by atoms with E-state index in [1.807, 2.05) is 0 Å². The number of carbonyl (C=O) groups is 1. The Hall–Kier alpha value is -2.11. The van der Waals surface area contributed by atoms with E-state index in [4.69, 9.17) is 9.47 Å². The number of nitro groups is 1. The minimum absolute atomic E-state index is 0.0438. The van der Waals surface area contributed by atoms with Crippen LogP contribution in [0.3, 0.4) is 0 Å². The summed E-state index contributed by atoms with van der Waals surface area (Å²) in [4.78, 5) is 20.7. The molecule has 0 aliphatic rings. The largest absolute Gasteiger partial charge is 0.493 e. The van der Waals surface area contributed by atoms with Crippen molar-refractivity contribution in [2.45, 2.75) is 0 Å². The maximum Gasteiger partial charge on any atom is 0.325 e. The summed E-state index contributed by atoms with van der Waals surface area (Å²) in [6, 6.07) is 2.75. The van der Waals surface area contributed by atoms with E-state index in [9.17, 15) is 14.9 Å². The van der Waals surface area contributed by atoms with Gasteiger partial charge in [0, 0.05) is 0 Å². The second-order valence-corrected chi connectivity index (χ2v) is 2.61. The molecule has 1 aromatic carbocycles. The molecule has 0 saturated carbocycles. The van der Waals surface area contributed by atoms with Gasteiger partial charge in [0.25, 0.3) is 0 Å². The fourth-order valence-corrected chi connectivity index (χ4v) is 1.21. The van der Waals surface area contributed by atoms with Crippen molar-refractivity contribution in [3.63, 3.8) is 0 Å². The Kier molecular flexibility index (Phi) is 3.22. The van der Waals surface area contributed by atoms with Crippen LogP contribution in [0.2, 0.25) is 0 Å². The van der Waals surface area contributed by atoms with Crippen molar-refractivity contribution in [1.29, 1.82) is 0 Å². The Morgan fingerprint density at radius 2 is 2.00 bits per heavy atom. The molecule has 0 aliphatic heterocycles. The first-order chi connectivity index (χ1) is 7.15. The highest BCUT2D eigenvalue weighted by molar-refractivity contribution is 5.85. The number of ether oxygens (including phenoxy) is 2. The molecule has 15 heavy (non-hydrogen) atoms. The molecule has 0 radical (unpaired) electrons. The molecule has 0 aromatic heterocycles. The minimum Gasteiger partial charge on any atom is -0.493 e. The van der Waals surface area contributed by atoms with Crippen LogP contribution in [0.25, 0.3) is 0 Å². The molecule has 0 unspecified atom stereocenters. The Morgan fingerprint density at radius 1 is 1.33 bits per heavy atom. The Balaban J connectivity index is 3.51. The van der Waals surface area contributed by atoms with Gasteiger partial charge in [0.1, 0.15) is 0 Å². The van der Waals surface area contributed by atoms with Crippen LogP contribution in [-0.2, 0) is 0 Å². The van der Waals surface area contributed by atoms with E-state index in [0.717, 1.165) is 0 Å². The van der Waals surface area contributed by atoms with Crippen LogP contribution in [0.1, 0.15) is 10.4 Å². The zero-order valence-corrected chi connectivity index (χ0v) is 8.22. The lowest BCUT2D eigenvalue weighted by atomic mass is 10.1. The Morgan fingerprint density at radius 3 is 2.40 bits per heavy atom. The van der Waals surface area contributed by atoms with Gasteiger partial charge in [-0.15, -0.1) is 0 Å². The van der Waals surface area contributed by atoms with E-state index < -0.39 is 4.92 Å². The van der Waals surface area contributed by atoms with Gasteiger partial charge in [0.2, 0.25) is 5.75 Å². The maximum absolute atomic E-state index is 10.7. The quantitative estimate of drug-likeness (QED) is 0.427. The van der Waals surface area contributed by atoms with Gasteiger partial charge in [-0.05, 0) is 12.1 Å². The molecule has 6 nitrogen and oxygen atoms in total. The van der Waals surface area contributed by atoms with Crippen molar-refractivity contribution >= 4 is 12.0 Å². The molecule has 80 valence electrons. The third-order valence-electron chi connectivity index (χ3n) is 1.86. The monoisotopic (exact) mass is 211 g/mol. The summed E-state index contributed by atoms with van der Waals surface area (Å²) in [5, 5.41) is 10.7. The summed E-state index contributed by atoms with van der Waals surface area (Å²) < 4.78 is 9.73. The molecule has 6 heteroatoms. The van der Waals surface area contributed by atoms with Crippen LogP contribution in [0.15, 0.2) is 12.1 Å². The molecule has 0 saturated heterocycles. The highest BCUT2D eigenvalue weighted by atomic mass is 16.6. The Bertz CT molecular complexity index is 402. The molecular weight excluding hydrogens is 202 g/mol. The highest BCUT2D eigenvalue weighted by Gasteiger charge is 2.24. The first-order valence-corrected chi connectivity index (χ1v) is 4.00. The fraction of sp³-hybridized carbons (Fsp3) is 0.222. The topological polar surface area (TPSA) is 78.7 Å². The van der Waals surface area contributed by atoms with E-state index in [2.05, 4.69) is 0 Å². The van der Waals surface area contributed by atoms with E-state index in [-0.39, 0.29) is 22.7 Å². The number of nitrogens with zero attached hydrogens (tertiary/aromatic N) is 1. The van der Waals surface area contributed by atoms with Gasteiger partial charge in [-0.2, -0.15) is 0 Å². The number of aldehydes is 1. The summed E-state index contributed by atoms with van der Waals surface area (Å²) >= 11 is 0. The van der Waals surface area contributed by atoms with Crippen LogP contribution in [0.5, 0.6) is 11.5 Å². The summed E-state index contributed by atoms with van der Waals surface area (Å²) in [6.45, 7) is 0. The van der Waals surface area contributed by atoms with Crippen LogP contribution >= 0.6 is 0 Å². The lowest BCUT2D eigenvalue weighted by Crippen LogP contribution is -2.00. The van der Waals surface area contributed by atoms with Gasteiger partial charge >= 0.3 is 5.69 Å². The summed E-state index contributed by atoms with van der Waals surface area (Å²) in [7, 11) is 2.64. The molecule has 0 fully saturated rings. The van der Waals surface area contributed by atoms with Crippen molar-refractivity contribution in [3.05, 3.63) is 27.8 Å². The number of rotatable bonds is 4. The molecule has 1 rings (SSSR count). The van der Waals surface area contributed by atoms with Gasteiger partial charge in [-0.1, -0.05) is 0 Å². The van der Waals surface area contributed by atoms with Crippen molar-refractivity contribution in [2.75, 3.05) is 14.2 Å². The third-order valence-corrected chi connectivity index (χ3v) is 1.86. The number of methoxy groups -OCH3 is 2. The summed E-state index contributed by atoms with van der Waals surface area (Å²) in [6.07, 6.45) is 0.403. The smallest absolute Gasteiger partial charge is 0.325 e. The first kappa shape index (κ1) is 11.0. The van der Waals surface area contributed by atoms with E-state index >= 15 is 0 Å². The van der Waals surface area contributed by atoms with E-state index in [1.165, 1.54) is 26.4 Å². The predicted octanol–water partition coefficient (Wildman–Crippen LogP) is 1.42. The van der Waals surface area contributed by atoms with Crippen LogP contribution in [0.4, 0.5) is 5.69 Å². The second-order valence-electron chi connectivity index (χ2n) is 2.61. The number of benzene rings is 1. The average Bonchev–Trinajstić information content (AvgIpc) is 2.26. The SMILES string of the molecule is COc1ccc(C=O)c([N+](=O)[O-])c1OC. The molecule has 0 spiro atoms. The molecule has 0 atom stereocenters. The summed E-state index contributed by atoms with van der Waals surface area (Å²) in [5.41, 5.74) is -0.426. The fourth-order valence-electron chi connectivity index (χ4n) is 1.21. The van der Waals surface area contributed by atoms with Gasteiger partial charge in [-0.3, -0.25) is 14.9 Å². The first-order valence-electron chi connectivity index (χ1n) is 4.00. The normalized spacial score (nSPS) is 9.47. The molecule has 0 amide bonds. The van der Waals surface area contributed by atoms with Crippen molar-refractivity contribution in [3.8, 4) is 11.5 Å².